The van der Waals surface area contributed by atoms with Crippen LogP contribution < -0.4 is 4.74 Å². The van der Waals surface area contributed by atoms with Gasteiger partial charge in [0.25, 0.3) is 0 Å². The summed E-state index contributed by atoms with van der Waals surface area (Å²) >= 11 is 0. The molecule has 1 heteroatoms. The van der Waals surface area contributed by atoms with E-state index in [1.807, 2.05) is 0 Å². The molecule has 0 aliphatic rings. The molecule has 0 aromatic heterocycles. The van der Waals surface area contributed by atoms with Crippen molar-refractivity contribution >= 4 is 0 Å². The van der Waals surface area contributed by atoms with E-state index in [1.54, 1.807) is 0 Å². The van der Waals surface area contributed by atoms with Gasteiger partial charge >= 0.3 is 0 Å². The van der Waals surface area contributed by atoms with Crippen molar-refractivity contribution < 1.29 is 4.74 Å². The van der Waals surface area contributed by atoms with Gasteiger partial charge in [-0.15, -0.1) is 0 Å². The van der Waals surface area contributed by atoms with Gasteiger partial charge in [-0.2, -0.15) is 0 Å². The summed E-state index contributed by atoms with van der Waals surface area (Å²) in [7, 11) is 0. The molecule has 0 saturated carbocycles. The summed E-state index contributed by atoms with van der Waals surface area (Å²) in [5.41, 5.74) is 6.50. The third-order valence-electron chi connectivity index (χ3n) is 7.23. The molecule has 0 aliphatic heterocycles. The summed E-state index contributed by atoms with van der Waals surface area (Å²) in [5.74, 6) is 0.964. The summed E-state index contributed by atoms with van der Waals surface area (Å²) in [6.07, 6.45) is 17.4. The number of hydrogen-bond donors (Lipinski definition) is 0. The molecule has 194 valence electrons. The third kappa shape index (κ3) is 9.84. The van der Waals surface area contributed by atoms with Gasteiger partial charge in [0.15, 0.2) is 0 Å². The summed E-state index contributed by atoms with van der Waals surface area (Å²) in [6, 6.07) is 26.7. The molecule has 0 aliphatic carbocycles. The Labute approximate surface area is 221 Å². The van der Waals surface area contributed by atoms with Crippen LogP contribution in [0.4, 0.5) is 0 Å². The second-order valence-corrected chi connectivity index (χ2v) is 10.4. The second-order valence-electron chi connectivity index (χ2n) is 10.4. The van der Waals surface area contributed by atoms with Crippen molar-refractivity contribution in [2.45, 2.75) is 110 Å². The Morgan fingerprint density at radius 2 is 0.917 bits per heavy atom. The van der Waals surface area contributed by atoms with Crippen LogP contribution in [0.5, 0.6) is 5.75 Å². The zero-order valence-corrected chi connectivity index (χ0v) is 23.1. The highest BCUT2D eigenvalue weighted by Gasteiger charge is 2.05. The summed E-state index contributed by atoms with van der Waals surface area (Å²) < 4.78 is 6.09. The fraction of sp³-hybridized carbons (Fsp3) is 0.486. The maximum absolute atomic E-state index is 6.09. The van der Waals surface area contributed by atoms with Crippen molar-refractivity contribution in [2.75, 3.05) is 0 Å². The van der Waals surface area contributed by atoms with Crippen LogP contribution in [0.25, 0.3) is 22.3 Å². The molecule has 3 aromatic rings. The van der Waals surface area contributed by atoms with Crippen molar-refractivity contribution in [3.05, 3.63) is 78.4 Å². The van der Waals surface area contributed by atoms with Gasteiger partial charge in [0.2, 0.25) is 0 Å². The average molecular weight is 485 g/mol. The zero-order valence-electron chi connectivity index (χ0n) is 23.1. The first-order valence-corrected chi connectivity index (χ1v) is 14.7. The van der Waals surface area contributed by atoms with Crippen molar-refractivity contribution in [3.63, 3.8) is 0 Å². The van der Waals surface area contributed by atoms with E-state index >= 15 is 0 Å². The minimum Gasteiger partial charge on any atom is -0.491 e. The lowest BCUT2D eigenvalue weighted by atomic mass is 9.98. The molecule has 0 N–H and O–H groups in total. The molecule has 0 heterocycles. The lowest BCUT2D eigenvalue weighted by molar-refractivity contribution is 0.206. The van der Waals surface area contributed by atoms with Gasteiger partial charge in [0.1, 0.15) is 5.75 Å². The van der Waals surface area contributed by atoms with E-state index in [1.165, 1.54) is 105 Å². The van der Waals surface area contributed by atoms with Gasteiger partial charge in [0.05, 0.1) is 6.10 Å². The fourth-order valence-electron chi connectivity index (χ4n) is 4.88. The van der Waals surface area contributed by atoms with E-state index in [2.05, 4.69) is 93.6 Å². The molecule has 0 bridgehead atoms. The first-order valence-electron chi connectivity index (χ1n) is 14.7. The average Bonchev–Trinajstić information content (AvgIpc) is 2.91. The standard InChI is InChI=1S/C35H48O/c1-4-6-8-9-10-11-12-14-16-30-17-19-31(20-18-30)32-21-23-33(24-22-32)34-25-27-35(28-26-34)36-29(3)15-13-7-5-2/h17-29H,4-16H2,1-3H3/t29-/m1/s1. The molecular weight excluding hydrogens is 436 g/mol. The Bertz CT molecular complexity index is 953. The van der Waals surface area contributed by atoms with Crippen LogP contribution in [-0.2, 0) is 6.42 Å². The number of hydrogen-bond acceptors (Lipinski definition) is 1. The van der Waals surface area contributed by atoms with Crippen LogP contribution in [0.3, 0.4) is 0 Å². The van der Waals surface area contributed by atoms with Crippen molar-refractivity contribution in [1.82, 2.24) is 0 Å². The molecule has 1 nitrogen and oxygen atoms in total. The highest BCUT2D eigenvalue weighted by atomic mass is 16.5. The Morgan fingerprint density at radius 1 is 0.500 bits per heavy atom. The van der Waals surface area contributed by atoms with Crippen molar-refractivity contribution in [2.24, 2.45) is 0 Å². The number of ether oxygens (including phenoxy) is 1. The predicted molar refractivity (Wildman–Crippen MR) is 158 cm³/mol. The van der Waals surface area contributed by atoms with Crippen LogP contribution in [0.15, 0.2) is 72.8 Å². The molecule has 0 amide bonds. The van der Waals surface area contributed by atoms with Crippen LogP contribution in [0, 0.1) is 0 Å². The third-order valence-corrected chi connectivity index (χ3v) is 7.23. The summed E-state index contributed by atoms with van der Waals surface area (Å²) in [6.45, 7) is 6.70. The SMILES string of the molecule is CCCCCCCCCCc1ccc(-c2ccc(-c3ccc(O[C@H](C)CCCCC)cc3)cc2)cc1. The quantitative estimate of drug-likeness (QED) is 0.173. The van der Waals surface area contributed by atoms with Gasteiger partial charge in [-0.05, 0) is 72.6 Å². The first kappa shape index (κ1) is 28.0. The molecule has 36 heavy (non-hydrogen) atoms. The molecule has 1 atom stereocenters. The molecule has 0 spiro atoms. The maximum atomic E-state index is 6.09. The Morgan fingerprint density at radius 3 is 1.44 bits per heavy atom. The molecule has 0 fully saturated rings. The molecule has 3 aromatic carbocycles. The normalized spacial score (nSPS) is 12.0. The Balaban J connectivity index is 1.45. The molecule has 0 radical (unpaired) electrons. The first-order chi connectivity index (χ1) is 17.7. The number of benzene rings is 3. The number of aryl methyl sites for hydroxylation is 1. The monoisotopic (exact) mass is 484 g/mol. The van der Waals surface area contributed by atoms with E-state index in [9.17, 15) is 0 Å². The summed E-state index contributed by atoms with van der Waals surface area (Å²) in [5, 5.41) is 0. The van der Waals surface area contributed by atoms with Gasteiger partial charge in [0, 0.05) is 0 Å². The van der Waals surface area contributed by atoms with Crippen molar-refractivity contribution in [1.29, 1.82) is 0 Å². The Hall–Kier alpha value is -2.54. The minimum atomic E-state index is 0.272. The van der Waals surface area contributed by atoms with Gasteiger partial charge in [-0.25, -0.2) is 0 Å². The van der Waals surface area contributed by atoms with Crippen LogP contribution >= 0.6 is 0 Å². The van der Waals surface area contributed by atoms with E-state index in [0.717, 1.165) is 12.2 Å². The second kappa shape index (κ2) is 16.3. The highest BCUT2D eigenvalue weighted by molar-refractivity contribution is 5.70. The van der Waals surface area contributed by atoms with Crippen molar-refractivity contribution in [3.8, 4) is 28.0 Å². The van der Waals surface area contributed by atoms with Gasteiger partial charge < -0.3 is 4.74 Å². The molecular formula is C35H48O. The highest BCUT2D eigenvalue weighted by Crippen LogP contribution is 2.27. The molecule has 0 saturated heterocycles. The zero-order chi connectivity index (χ0) is 25.4. The Kier molecular flexibility index (Phi) is 12.7. The van der Waals surface area contributed by atoms with Gasteiger partial charge in [-0.1, -0.05) is 132 Å². The number of rotatable bonds is 17. The smallest absolute Gasteiger partial charge is 0.119 e. The predicted octanol–water partition coefficient (Wildman–Crippen LogP) is 11.1. The van der Waals surface area contributed by atoms with E-state index in [-0.39, 0.29) is 6.10 Å². The molecule has 0 unspecified atom stereocenters. The lowest BCUT2D eigenvalue weighted by Crippen LogP contribution is -2.11. The number of unbranched alkanes of at least 4 members (excludes halogenated alkanes) is 9. The van der Waals surface area contributed by atoms with Crippen LogP contribution in [-0.4, -0.2) is 6.10 Å². The molecule has 3 rings (SSSR count). The lowest BCUT2D eigenvalue weighted by Gasteiger charge is -2.15. The van der Waals surface area contributed by atoms with E-state index in [0.29, 0.717) is 0 Å². The summed E-state index contributed by atoms with van der Waals surface area (Å²) in [4.78, 5) is 0. The minimum absolute atomic E-state index is 0.272. The fourth-order valence-corrected chi connectivity index (χ4v) is 4.88. The topological polar surface area (TPSA) is 9.23 Å². The van der Waals surface area contributed by atoms with E-state index in [4.69, 9.17) is 4.74 Å². The van der Waals surface area contributed by atoms with Crippen LogP contribution in [0.1, 0.15) is 103 Å². The van der Waals surface area contributed by atoms with Crippen LogP contribution in [0.2, 0.25) is 0 Å². The van der Waals surface area contributed by atoms with E-state index < -0.39 is 0 Å². The van der Waals surface area contributed by atoms with Gasteiger partial charge in [-0.3, -0.25) is 0 Å². The maximum Gasteiger partial charge on any atom is 0.119 e. The largest absolute Gasteiger partial charge is 0.491 e.